The lowest BCUT2D eigenvalue weighted by molar-refractivity contribution is 0.0300. The van der Waals surface area contributed by atoms with Gasteiger partial charge >= 0.3 is 0 Å². The number of morpholine rings is 1. The molecule has 1 aliphatic rings. The molecule has 170 valence electrons. The maximum absolute atomic E-state index is 13.3. The number of nitrogens with two attached hydrogens (primary N) is 1. The molecule has 3 N–H and O–H groups in total. The second-order valence-corrected chi connectivity index (χ2v) is 8.06. The Kier molecular flexibility index (Phi) is 5.06. The third kappa shape index (κ3) is 3.70. The van der Waals surface area contributed by atoms with E-state index >= 15 is 0 Å². The van der Waals surface area contributed by atoms with E-state index in [4.69, 9.17) is 15.0 Å². The first-order valence-corrected chi connectivity index (χ1v) is 10.5. The molecule has 1 saturated heterocycles. The van der Waals surface area contributed by atoms with Crippen LogP contribution in [-0.4, -0.2) is 67.1 Å². The number of carbonyl (C=O) groups is 1. The van der Waals surface area contributed by atoms with Gasteiger partial charge in [-0.3, -0.25) is 4.79 Å². The lowest BCUT2D eigenvalue weighted by Crippen LogP contribution is -2.41. The second kappa shape index (κ2) is 7.94. The molecule has 33 heavy (non-hydrogen) atoms. The number of rotatable bonds is 4. The van der Waals surface area contributed by atoms with E-state index in [1.165, 1.54) is 10.9 Å². The van der Waals surface area contributed by atoms with Crippen LogP contribution in [0.25, 0.3) is 16.7 Å². The van der Waals surface area contributed by atoms with Crippen LogP contribution in [0, 0.1) is 6.92 Å². The van der Waals surface area contributed by atoms with E-state index in [9.17, 15) is 9.90 Å². The smallest absolute Gasteiger partial charge is 0.275 e. The number of carbonyl (C=O) groups excluding carboxylic acids is 1. The zero-order chi connectivity index (χ0) is 23.2. The van der Waals surface area contributed by atoms with E-state index < -0.39 is 5.60 Å². The molecule has 1 aliphatic heterocycles. The van der Waals surface area contributed by atoms with Crippen molar-refractivity contribution in [1.82, 2.24) is 29.8 Å². The summed E-state index contributed by atoms with van der Waals surface area (Å²) in [6.07, 6.45) is 1.52. The van der Waals surface area contributed by atoms with E-state index in [0.717, 1.165) is 0 Å². The van der Waals surface area contributed by atoms with Crippen molar-refractivity contribution in [1.29, 1.82) is 0 Å². The molecule has 4 aromatic rings. The molecule has 0 radical (unpaired) electrons. The fourth-order valence-electron chi connectivity index (χ4n) is 3.89. The molecular weight excluding hydrogens is 426 g/mol. The third-order valence-corrected chi connectivity index (χ3v) is 5.75. The number of aromatic nitrogens is 5. The quantitative estimate of drug-likeness (QED) is 0.472. The summed E-state index contributed by atoms with van der Waals surface area (Å²) in [4.78, 5) is 23.2. The first kappa shape index (κ1) is 21.0. The monoisotopic (exact) mass is 449 g/mol. The fourth-order valence-corrected chi connectivity index (χ4v) is 3.89. The Morgan fingerprint density at radius 3 is 2.70 bits per heavy atom. The fraction of sp³-hybridized carbons (Fsp3) is 0.318. The van der Waals surface area contributed by atoms with Crippen molar-refractivity contribution in [2.45, 2.75) is 19.4 Å². The molecule has 0 bridgehead atoms. The van der Waals surface area contributed by atoms with Gasteiger partial charge in [-0.2, -0.15) is 10.1 Å². The zero-order valence-electron chi connectivity index (χ0n) is 18.2. The lowest BCUT2D eigenvalue weighted by Gasteiger charge is -2.26. The number of aliphatic hydroxyl groups is 1. The zero-order valence-corrected chi connectivity index (χ0v) is 18.2. The Bertz CT molecular complexity index is 1340. The maximum Gasteiger partial charge on any atom is 0.275 e. The highest BCUT2D eigenvalue weighted by Crippen LogP contribution is 2.33. The number of anilines is 1. The van der Waals surface area contributed by atoms with Crippen LogP contribution in [0.5, 0.6) is 0 Å². The summed E-state index contributed by atoms with van der Waals surface area (Å²) in [6, 6.07) is 8.62. The first-order chi connectivity index (χ1) is 15.8. The lowest BCUT2D eigenvalue weighted by atomic mass is 9.91. The van der Waals surface area contributed by atoms with E-state index in [0.29, 0.717) is 60.0 Å². The summed E-state index contributed by atoms with van der Waals surface area (Å²) in [5.74, 6) is 0.878. The minimum atomic E-state index is -1.43. The molecule has 1 atom stereocenters. The van der Waals surface area contributed by atoms with Gasteiger partial charge in [0.25, 0.3) is 5.91 Å². The molecule has 11 heteroatoms. The SMILES string of the molecule is Cc1cc(C(C)(O)c2ccc3c(C(=O)N4CCOCC4)nn(-c4ccnc(N)n4)c3c2)no1. The van der Waals surface area contributed by atoms with Gasteiger partial charge in [-0.05, 0) is 31.5 Å². The predicted molar refractivity (Wildman–Crippen MR) is 118 cm³/mol. The van der Waals surface area contributed by atoms with Gasteiger partial charge < -0.3 is 25.0 Å². The maximum atomic E-state index is 13.3. The van der Waals surface area contributed by atoms with Crippen LogP contribution in [-0.2, 0) is 10.3 Å². The van der Waals surface area contributed by atoms with Crippen molar-refractivity contribution < 1.29 is 19.2 Å². The van der Waals surface area contributed by atoms with Gasteiger partial charge in [-0.15, -0.1) is 0 Å². The molecule has 1 unspecified atom stereocenters. The molecule has 11 nitrogen and oxygen atoms in total. The van der Waals surface area contributed by atoms with Crippen molar-refractivity contribution in [3.05, 3.63) is 59.2 Å². The second-order valence-electron chi connectivity index (χ2n) is 8.06. The number of nitrogens with zero attached hydrogens (tertiary/aromatic N) is 6. The molecule has 4 heterocycles. The van der Waals surface area contributed by atoms with Crippen LogP contribution in [0.1, 0.15) is 34.4 Å². The molecule has 1 aromatic carbocycles. The highest BCUT2D eigenvalue weighted by Gasteiger charge is 2.31. The molecule has 3 aromatic heterocycles. The van der Waals surface area contributed by atoms with Crippen LogP contribution in [0.15, 0.2) is 41.1 Å². The van der Waals surface area contributed by atoms with Crippen molar-refractivity contribution in [3.63, 3.8) is 0 Å². The van der Waals surface area contributed by atoms with Crippen molar-refractivity contribution >= 4 is 22.8 Å². The molecule has 0 saturated carbocycles. The van der Waals surface area contributed by atoms with Gasteiger partial charge in [0, 0.05) is 36.8 Å². The van der Waals surface area contributed by atoms with Crippen LogP contribution >= 0.6 is 0 Å². The Morgan fingerprint density at radius 2 is 2.00 bits per heavy atom. The van der Waals surface area contributed by atoms with Crippen molar-refractivity contribution in [2.75, 3.05) is 32.0 Å². The molecule has 1 fully saturated rings. The highest BCUT2D eigenvalue weighted by atomic mass is 16.5. The van der Waals surface area contributed by atoms with Crippen LogP contribution in [0.2, 0.25) is 0 Å². The number of fused-ring (bicyclic) bond motifs is 1. The minimum absolute atomic E-state index is 0.0819. The number of amides is 1. The molecule has 0 spiro atoms. The normalized spacial score (nSPS) is 16.2. The molecule has 0 aliphatic carbocycles. The molecular formula is C22H23N7O4. The Labute approximate surface area is 188 Å². The number of aryl methyl sites for hydroxylation is 1. The topological polar surface area (TPSA) is 145 Å². The highest BCUT2D eigenvalue weighted by molar-refractivity contribution is 6.05. The predicted octanol–water partition coefficient (Wildman–Crippen LogP) is 1.42. The van der Waals surface area contributed by atoms with Gasteiger partial charge in [0.1, 0.15) is 17.1 Å². The number of nitrogen functional groups attached to an aromatic ring is 1. The minimum Gasteiger partial charge on any atom is -0.379 e. The largest absolute Gasteiger partial charge is 0.379 e. The van der Waals surface area contributed by atoms with Crippen LogP contribution in [0.4, 0.5) is 5.95 Å². The summed E-state index contributed by atoms with van der Waals surface area (Å²) >= 11 is 0. The summed E-state index contributed by atoms with van der Waals surface area (Å²) in [5.41, 5.74) is 6.16. The van der Waals surface area contributed by atoms with Gasteiger partial charge in [0.05, 0.1) is 18.7 Å². The molecule has 5 rings (SSSR count). The van der Waals surface area contributed by atoms with E-state index in [1.807, 2.05) is 0 Å². The summed E-state index contributed by atoms with van der Waals surface area (Å²) < 4.78 is 12.1. The van der Waals surface area contributed by atoms with Crippen molar-refractivity contribution in [2.24, 2.45) is 0 Å². The molecule has 1 amide bonds. The van der Waals surface area contributed by atoms with E-state index in [1.54, 1.807) is 49.1 Å². The number of hydrogen-bond acceptors (Lipinski definition) is 9. The summed E-state index contributed by atoms with van der Waals surface area (Å²) in [7, 11) is 0. The summed E-state index contributed by atoms with van der Waals surface area (Å²) in [6.45, 7) is 5.34. The van der Waals surface area contributed by atoms with Crippen LogP contribution in [0.3, 0.4) is 0 Å². The van der Waals surface area contributed by atoms with Crippen molar-refractivity contribution in [3.8, 4) is 5.82 Å². The Balaban J connectivity index is 1.67. The third-order valence-electron chi connectivity index (χ3n) is 5.75. The average Bonchev–Trinajstić information content (AvgIpc) is 3.43. The Hall–Kier alpha value is -3.83. The van der Waals surface area contributed by atoms with E-state index in [-0.39, 0.29) is 17.5 Å². The Morgan fingerprint density at radius 1 is 1.21 bits per heavy atom. The average molecular weight is 449 g/mol. The number of benzene rings is 1. The van der Waals surface area contributed by atoms with Gasteiger partial charge in [-0.1, -0.05) is 11.2 Å². The standard InChI is InChI=1S/C22H23N7O4/c1-13-11-17(27-33-13)22(2,31)14-3-4-15-16(12-14)29(18-5-6-24-21(23)25-18)26-19(15)20(30)28-7-9-32-10-8-28/h3-6,11-12,31H,7-10H2,1-2H3,(H2,23,24,25). The van der Waals surface area contributed by atoms with Gasteiger partial charge in [-0.25, -0.2) is 9.67 Å². The van der Waals surface area contributed by atoms with E-state index in [2.05, 4.69) is 20.2 Å². The van der Waals surface area contributed by atoms with Gasteiger partial charge in [0.15, 0.2) is 11.5 Å². The van der Waals surface area contributed by atoms with Gasteiger partial charge in [0.2, 0.25) is 5.95 Å². The number of ether oxygens (including phenoxy) is 1. The summed E-state index contributed by atoms with van der Waals surface area (Å²) in [5, 5.41) is 20.5. The number of hydrogen-bond donors (Lipinski definition) is 2. The first-order valence-electron chi connectivity index (χ1n) is 10.5. The van der Waals surface area contributed by atoms with Crippen LogP contribution < -0.4 is 5.73 Å².